The zero-order chi connectivity index (χ0) is 24.4. The predicted octanol–water partition coefficient (Wildman–Crippen LogP) is 5.68. The van der Waals surface area contributed by atoms with Crippen molar-refractivity contribution in [2.75, 3.05) is 9.80 Å². The highest BCUT2D eigenvalue weighted by Crippen LogP contribution is 2.25. The standard InChI is InChI=1S/C30H28N6/c1-5-17-31-25(9-1)21-35(22-26-10-2-6-18-32-26)29-13-15-30(16-14-29)36(23-27-11-3-7-19-33-27)24-28-12-4-8-20-34-28/h1-20H,21-24H2. The average Bonchev–Trinajstić information content (AvgIpc) is 2.95. The molecule has 0 aliphatic rings. The van der Waals surface area contributed by atoms with Crippen molar-refractivity contribution < 1.29 is 0 Å². The second-order valence-electron chi connectivity index (χ2n) is 8.51. The van der Waals surface area contributed by atoms with Crippen LogP contribution in [0.4, 0.5) is 11.4 Å². The highest BCUT2D eigenvalue weighted by Gasteiger charge is 2.13. The number of aromatic nitrogens is 4. The van der Waals surface area contributed by atoms with E-state index in [0.29, 0.717) is 26.2 Å². The van der Waals surface area contributed by atoms with Gasteiger partial charge in [-0.2, -0.15) is 0 Å². The maximum atomic E-state index is 4.54. The van der Waals surface area contributed by atoms with Crippen LogP contribution in [0.5, 0.6) is 0 Å². The number of rotatable bonds is 10. The van der Waals surface area contributed by atoms with E-state index in [-0.39, 0.29) is 0 Å². The third-order valence-corrected chi connectivity index (χ3v) is 5.90. The van der Waals surface area contributed by atoms with Gasteiger partial charge in [0.05, 0.1) is 49.0 Å². The number of pyridine rings is 4. The van der Waals surface area contributed by atoms with Crippen LogP contribution in [0, 0.1) is 0 Å². The smallest absolute Gasteiger partial charge is 0.0606 e. The lowest BCUT2D eigenvalue weighted by Crippen LogP contribution is -2.24. The van der Waals surface area contributed by atoms with Crippen molar-refractivity contribution in [2.45, 2.75) is 26.2 Å². The van der Waals surface area contributed by atoms with Gasteiger partial charge in [0, 0.05) is 36.2 Å². The Morgan fingerprint density at radius 3 is 0.861 bits per heavy atom. The minimum Gasteiger partial charge on any atom is -0.360 e. The summed E-state index contributed by atoms with van der Waals surface area (Å²) in [6, 6.07) is 32.8. The molecule has 36 heavy (non-hydrogen) atoms. The zero-order valence-electron chi connectivity index (χ0n) is 20.1. The summed E-state index contributed by atoms with van der Waals surface area (Å²) in [5.74, 6) is 0. The molecule has 0 aliphatic heterocycles. The van der Waals surface area contributed by atoms with Crippen molar-refractivity contribution in [3.05, 3.63) is 145 Å². The van der Waals surface area contributed by atoms with E-state index in [1.54, 1.807) is 0 Å². The summed E-state index contributed by atoms with van der Waals surface area (Å²) in [6.45, 7) is 2.79. The van der Waals surface area contributed by atoms with Gasteiger partial charge in [-0.25, -0.2) is 0 Å². The van der Waals surface area contributed by atoms with Crippen molar-refractivity contribution >= 4 is 11.4 Å². The topological polar surface area (TPSA) is 58.0 Å². The quantitative estimate of drug-likeness (QED) is 0.261. The van der Waals surface area contributed by atoms with Gasteiger partial charge in [0.1, 0.15) is 0 Å². The van der Waals surface area contributed by atoms with E-state index in [2.05, 4.69) is 78.3 Å². The molecule has 0 bridgehead atoms. The minimum atomic E-state index is 0.697. The molecule has 6 nitrogen and oxygen atoms in total. The Bertz CT molecular complexity index is 1130. The highest BCUT2D eigenvalue weighted by atomic mass is 15.2. The average molecular weight is 473 g/mol. The molecule has 0 spiro atoms. The summed E-state index contributed by atoms with van der Waals surface area (Å²) in [4.78, 5) is 22.8. The number of benzene rings is 1. The molecule has 4 aromatic heterocycles. The molecule has 178 valence electrons. The zero-order valence-corrected chi connectivity index (χ0v) is 20.1. The van der Waals surface area contributed by atoms with Crippen molar-refractivity contribution in [3.8, 4) is 0 Å². The highest BCUT2D eigenvalue weighted by molar-refractivity contribution is 5.57. The van der Waals surface area contributed by atoms with Gasteiger partial charge >= 0.3 is 0 Å². The largest absolute Gasteiger partial charge is 0.360 e. The first-order valence-electron chi connectivity index (χ1n) is 12.0. The summed E-state index contributed by atoms with van der Waals surface area (Å²) < 4.78 is 0. The molecule has 5 aromatic rings. The molecule has 1 aromatic carbocycles. The van der Waals surface area contributed by atoms with E-state index in [1.807, 2.05) is 73.3 Å². The number of nitrogens with zero attached hydrogens (tertiary/aromatic N) is 6. The van der Waals surface area contributed by atoms with Crippen LogP contribution in [0.3, 0.4) is 0 Å². The van der Waals surface area contributed by atoms with Crippen LogP contribution in [-0.4, -0.2) is 19.9 Å². The van der Waals surface area contributed by atoms with E-state index in [1.165, 1.54) is 0 Å². The summed E-state index contributed by atoms with van der Waals surface area (Å²) in [7, 11) is 0. The molecular weight excluding hydrogens is 444 g/mol. The fourth-order valence-corrected chi connectivity index (χ4v) is 4.10. The van der Waals surface area contributed by atoms with Crippen LogP contribution in [-0.2, 0) is 26.2 Å². The Morgan fingerprint density at radius 2 is 0.639 bits per heavy atom. The first-order chi connectivity index (χ1) is 17.8. The lowest BCUT2D eigenvalue weighted by atomic mass is 10.2. The van der Waals surface area contributed by atoms with Crippen molar-refractivity contribution in [1.29, 1.82) is 0 Å². The van der Waals surface area contributed by atoms with Crippen LogP contribution in [0.15, 0.2) is 122 Å². The predicted molar refractivity (Wildman–Crippen MR) is 143 cm³/mol. The lowest BCUT2D eigenvalue weighted by molar-refractivity contribution is 0.758. The van der Waals surface area contributed by atoms with Crippen LogP contribution in [0.1, 0.15) is 22.8 Å². The summed E-state index contributed by atoms with van der Waals surface area (Å²) in [6.07, 6.45) is 7.35. The summed E-state index contributed by atoms with van der Waals surface area (Å²) in [5.41, 5.74) is 6.30. The van der Waals surface area contributed by atoms with Crippen LogP contribution >= 0.6 is 0 Å². The third kappa shape index (κ3) is 6.30. The summed E-state index contributed by atoms with van der Waals surface area (Å²) >= 11 is 0. The third-order valence-electron chi connectivity index (χ3n) is 5.90. The van der Waals surface area contributed by atoms with Gasteiger partial charge in [-0.1, -0.05) is 24.3 Å². The molecular formula is C30H28N6. The molecule has 0 N–H and O–H groups in total. The van der Waals surface area contributed by atoms with Gasteiger partial charge in [0.25, 0.3) is 0 Å². The fourth-order valence-electron chi connectivity index (χ4n) is 4.10. The van der Waals surface area contributed by atoms with Crippen molar-refractivity contribution in [2.24, 2.45) is 0 Å². The van der Waals surface area contributed by atoms with Crippen LogP contribution < -0.4 is 9.80 Å². The molecule has 0 aliphatic carbocycles. The van der Waals surface area contributed by atoms with E-state index < -0.39 is 0 Å². The van der Waals surface area contributed by atoms with Gasteiger partial charge in [0.2, 0.25) is 0 Å². The van der Waals surface area contributed by atoms with Gasteiger partial charge in [-0.15, -0.1) is 0 Å². The molecule has 0 unspecified atom stereocenters. The fraction of sp³-hybridized carbons (Fsp3) is 0.133. The Kier molecular flexibility index (Phi) is 7.54. The maximum absolute atomic E-state index is 4.54. The van der Waals surface area contributed by atoms with E-state index >= 15 is 0 Å². The second-order valence-corrected chi connectivity index (χ2v) is 8.51. The van der Waals surface area contributed by atoms with Crippen molar-refractivity contribution in [1.82, 2.24) is 19.9 Å². The van der Waals surface area contributed by atoms with Gasteiger partial charge in [-0.05, 0) is 72.8 Å². The Labute approximate surface area is 212 Å². The second kappa shape index (κ2) is 11.7. The van der Waals surface area contributed by atoms with E-state index in [0.717, 1.165) is 34.2 Å². The van der Waals surface area contributed by atoms with Crippen LogP contribution in [0.25, 0.3) is 0 Å². The number of anilines is 2. The Hall–Kier alpha value is -4.58. The maximum Gasteiger partial charge on any atom is 0.0606 e. The van der Waals surface area contributed by atoms with E-state index in [9.17, 15) is 0 Å². The molecule has 0 fully saturated rings. The minimum absolute atomic E-state index is 0.697. The Balaban J connectivity index is 1.41. The van der Waals surface area contributed by atoms with Crippen LogP contribution in [0.2, 0.25) is 0 Å². The normalized spacial score (nSPS) is 10.7. The monoisotopic (exact) mass is 472 g/mol. The van der Waals surface area contributed by atoms with Gasteiger partial charge in [-0.3, -0.25) is 19.9 Å². The molecule has 0 amide bonds. The molecule has 0 radical (unpaired) electrons. The first kappa shape index (κ1) is 23.2. The van der Waals surface area contributed by atoms with Gasteiger partial charge < -0.3 is 9.80 Å². The van der Waals surface area contributed by atoms with Crippen molar-refractivity contribution in [3.63, 3.8) is 0 Å². The molecule has 5 rings (SSSR count). The summed E-state index contributed by atoms with van der Waals surface area (Å²) in [5, 5.41) is 0. The lowest BCUT2D eigenvalue weighted by Gasteiger charge is -2.27. The SMILES string of the molecule is c1ccc(CN(Cc2ccccn2)c2ccc(N(Cc3ccccn3)Cc3ccccn3)cc2)nc1. The molecule has 4 heterocycles. The van der Waals surface area contributed by atoms with Gasteiger partial charge in [0.15, 0.2) is 0 Å². The number of hydrogen-bond acceptors (Lipinski definition) is 6. The number of hydrogen-bond donors (Lipinski definition) is 0. The Morgan fingerprint density at radius 1 is 0.361 bits per heavy atom. The van der Waals surface area contributed by atoms with E-state index in [4.69, 9.17) is 0 Å². The molecule has 0 saturated heterocycles. The molecule has 0 atom stereocenters. The molecule has 6 heteroatoms. The first-order valence-corrected chi connectivity index (χ1v) is 12.0. The molecule has 0 saturated carbocycles.